The van der Waals surface area contributed by atoms with Gasteiger partial charge in [-0.2, -0.15) is 0 Å². The first kappa shape index (κ1) is 25.0. The Morgan fingerprint density at radius 2 is 1.52 bits per heavy atom. The summed E-state index contributed by atoms with van der Waals surface area (Å²) >= 11 is 0. The maximum atomic E-state index is 13.1. The third-order valence-corrected chi connectivity index (χ3v) is 6.67. The van der Waals surface area contributed by atoms with E-state index in [1.165, 1.54) is 48.8 Å². The summed E-state index contributed by atoms with van der Waals surface area (Å²) in [6.07, 6.45) is 10.5. The molecular weight excluding hydrogens is 408 g/mol. The zero-order valence-corrected chi connectivity index (χ0v) is 20.3. The minimum Gasteiger partial charge on any atom is -0.336 e. The smallest absolute Gasteiger partial charge is 0.242 e. The van der Waals surface area contributed by atoms with Crippen LogP contribution in [0.15, 0.2) is 54.6 Å². The molecule has 3 rings (SSSR count). The number of carbonyl (C=O) groups is 2. The Hall–Kier alpha value is -2.62. The third kappa shape index (κ3) is 8.34. The molecule has 0 fully saturated rings. The Kier molecular flexibility index (Phi) is 10.5. The lowest BCUT2D eigenvalue weighted by molar-refractivity contribution is -0.141. The predicted molar refractivity (Wildman–Crippen MR) is 135 cm³/mol. The summed E-state index contributed by atoms with van der Waals surface area (Å²) in [5.74, 6) is 0.177. The molecule has 2 amide bonds. The molecule has 0 atom stereocenters. The second-order valence-electron chi connectivity index (χ2n) is 9.26. The van der Waals surface area contributed by atoms with Crippen LogP contribution in [-0.4, -0.2) is 41.2 Å². The lowest BCUT2D eigenvalue weighted by Gasteiger charge is -2.31. The van der Waals surface area contributed by atoms with Crippen LogP contribution in [0, 0.1) is 0 Å². The Balaban J connectivity index is 1.53. The van der Waals surface area contributed by atoms with Crippen LogP contribution in [0.1, 0.15) is 75.0 Å². The Morgan fingerprint density at radius 3 is 2.27 bits per heavy atom. The van der Waals surface area contributed by atoms with Crippen LogP contribution in [0.5, 0.6) is 0 Å². The van der Waals surface area contributed by atoms with Crippen LogP contribution in [0.25, 0.3) is 0 Å². The molecule has 178 valence electrons. The van der Waals surface area contributed by atoms with Gasteiger partial charge in [0.15, 0.2) is 0 Å². The van der Waals surface area contributed by atoms with E-state index < -0.39 is 0 Å². The number of hydrogen-bond acceptors (Lipinski definition) is 2. The van der Waals surface area contributed by atoms with Gasteiger partial charge in [-0.15, -0.1) is 0 Å². The average molecular weight is 449 g/mol. The molecule has 0 N–H and O–H groups in total. The topological polar surface area (TPSA) is 40.6 Å². The number of amides is 2. The molecule has 1 heterocycles. The number of carbonyl (C=O) groups excluding carboxylic acids is 2. The molecule has 1 aliphatic heterocycles. The summed E-state index contributed by atoms with van der Waals surface area (Å²) in [5, 5.41) is 0. The van der Waals surface area contributed by atoms with Gasteiger partial charge in [-0.05, 0) is 36.0 Å². The minimum atomic E-state index is 0.0606. The van der Waals surface area contributed by atoms with E-state index in [9.17, 15) is 9.59 Å². The third-order valence-electron chi connectivity index (χ3n) is 6.67. The SMILES string of the molecule is CCCCCCCCCC(=O)N(CCc1ccccc1)CC(=O)N1CCc2ccccc2C1. The van der Waals surface area contributed by atoms with E-state index >= 15 is 0 Å². The van der Waals surface area contributed by atoms with Crippen LogP contribution in [-0.2, 0) is 29.0 Å². The van der Waals surface area contributed by atoms with Crippen LogP contribution >= 0.6 is 0 Å². The van der Waals surface area contributed by atoms with Crippen molar-refractivity contribution >= 4 is 11.8 Å². The van der Waals surface area contributed by atoms with Gasteiger partial charge in [0.25, 0.3) is 0 Å². The van der Waals surface area contributed by atoms with Gasteiger partial charge in [-0.25, -0.2) is 0 Å². The average Bonchev–Trinajstić information content (AvgIpc) is 2.86. The quantitative estimate of drug-likeness (QED) is 0.364. The van der Waals surface area contributed by atoms with Gasteiger partial charge in [0, 0.05) is 26.1 Å². The zero-order chi connectivity index (χ0) is 23.3. The molecule has 2 aromatic rings. The largest absolute Gasteiger partial charge is 0.336 e. The van der Waals surface area contributed by atoms with E-state index in [4.69, 9.17) is 0 Å². The molecule has 0 saturated heterocycles. The van der Waals surface area contributed by atoms with Gasteiger partial charge in [0.2, 0.25) is 11.8 Å². The Labute approximate surface area is 200 Å². The van der Waals surface area contributed by atoms with E-state index in [1.54, 1.807) is 4.90 Å². The van der Waals surface area contributed by atoms with Crippen molar-refractivity contribution < 1.29 is 9.59 Å². The van der Waals surface area contributed by atoms with Crippen LogP contribution in [0.2, 0.25) is 0 Å². The number of unbranched alkanes of at least 4 members (excludes halogenated alkanes) is 6. The van der Waals surface area contributed by atoms with Crippen molar-refractivity contribution in [2.45, 2.75) is 77.7 Å². The summed E-state index contributed by atoms with van der Waals surface area (Å²) in [6.45, 7) is 4.38. The van der Waals surface area contributed by atoms with Crippen molar-refractivity contribution in [3.05, 3.63) is 71.3 Å². The highest BCUT2D eigenvalue weighted by atomic mass is 16.2. The Morgan fingerprint density at radius 1 is 0.848 bits per heavy atom. The number of fused-ring (bicyclic) bond motifs is 1. The van der Waals surface area contributed by atoms with E-state index in [0.717, 1.165) is 32.2 Å². The summed E-state index contributed by atoms with van der Waals surface area (Å²) < 4.78 is 0. The summed E-state index contributed by atoms with van der Waals surface area (Å²) in [5.41, 5.74) is 3.76. The van der Waals surface area contributed by atoms with Crippen molar-refractivity contribution in [2.24, 2.45) is 0 Å². The molecular formula is C29H40N2O2. The first-order valence-electron chi connectivity index (χ1n) is 12.8. The van der Waals surface area contributed by atoms with Crippen molar-refractivity contribution in [1.82, 2.24) is 9.80 Å². The molecule has 4 nitrogen and oxygen atoms in total. The van der Waals surface area contributed by atoms with E-state index in [1.807, 2.05) is 29.2 Å². The molecule has 0 aromatic heterocycles. The highest BCUT2D eigenvalue weighted by molar-refractivity contribution is 5.85. The maximum Gasteiger partial charge on any atom is 0.242 e. The van der Waals surface area contributed by atoms with Crippen LogP contribution < -0.4 is 0 Å². The first-order chi connectivity index (χ1) is 16.2. The maximum absolute atomic E-state index is 13.1. The molecule has 0 saturated carbocycles. The molecule has 33 heavy (non-hydrogen) atoms. The lowest BCUT2D eigenvalue weighted by Crippen LogP contribution is -2.45. The second kappa shape index (κ2) is 13.8. The van der Waals surface area contributed by atoms with Gasteiger partial charge in [-0.3, -0.25) is 9.59 Å². The molecule has 0 aliphatic carbocycles. The number of rotatable bonds is 13. The molecule has 4 heteroatoms. The summed E-state index contributed by atoms with van der Waals surface area (Å²) in [4.78, 5) is 29.9. The number of hydrogen-bond donors (Lipinski definition) is 0. The van der Waals surface area contributed by atoms with E-state index in [-0.39, 0.29) is 18.4 Å². The highest BCUT2D eigenvalue weighted by Crippen LogP contribution is 2.19. The van der Waals surface area contributed by atoms with Crippen LogP contribution in [0.4, 0.5) is 0 Å². The fraction of sp³-hybridized carbons (Fsp3) is 0.517. The molecule has 0 radical (unpaired) electrons. The molecule has 0 unspecified atom stereocenters. The van der Waals surface area contributed by atoms with Crippen LogP contribution in [0.3, 0.4) is 0 Å². The molecule has 1 aliphatic rings. The minimum absolute atomic E-state index is 0.0606. The fourth-order valence-electron chi connectivity index (χ4n) is 4.56. The standard InChI is InChI=1S/C29H40N2O2/c1-2-3-4-5-6-7-11-18-28(32)31(21-19-25-14-9-8-10-15-25)24-29(33)30-22-20-26-16-12-13-17-27(26)23-30/h8-10,12-17H,2-7,11,18-24H2,1H3. The van der Waals surface area contributed by atoms with Gasteiger partial charge >= 0.3 is 0 Å². The van der Waals surface area contributed by atoms with Crippen molar-refractivity contribution in [1.29, 1.82) is 0 Å². The second-order valence-corrected chi connectivity index (χ2v) is 9.26. The van der Waals surface area contributed by atoms with Crippen molar-refractivity contribution in [3.8, 4) is 0 Å². The van der Waals surface area contributed by atoms with Gasteiger partial charge in [0.1, 0.15) is 0 Å². The first-order valence-corrected chi connectivity index (χ1v) is 12.8. The normalized spacial score (nSPS) is 12.9. The summed E-state index contributed by atoms with van der Waals surface area (Å²) in [7, 11) is 0. The van der Waals surface area contributed by atoms with Crippen molar-refractivity contribution in [3.63, 3.8) is 0 Å². The monoisotopic (exact) mass is 448 g/mol. The van der Waals surface area contributed by atoms with Gasteiger partial charge in [-0.1, -0.05) is 100 Å². The molecule has 0 spiro atoms. The highest BCUT2D eigenvalue weighted by Gasteiger charge is 2.24. The number of nitrogens with zero attached hydrogens (tertiary/aromatic N) is 2. The van der Waals surface area contributed by atoms with Gasteiger partial charge < -0.3 is 9.80 Å². The van der Waals surface area contributed by atoms with E-state index in [0.29, 0.717) is 19.5 Å². The van der Waals surface area contributed by atoms with E-state index in [2.05, 4.69) is 37.3 Å². The number of benzene rings is 2. The predicted octanol–water partition coefficient (Wildman–Crippen LogP) is 5.78. The fourth-order valence-corrected chi connectivity index (χ4v) is 4.56. The zero-order valence-electron chi connectivity index (χ0n) is 20.3. The lowest BCUT2D eigenvalue weighted by atomic mass is 10.00. The molecule has 2 aromatic carbocycles. The summed E-state index contributed by atoms with van der Waals surface area (Å²) in [6, 6.07) is 18.6. The molecule has 0 bridgehead atoms. The van der Waals surface area contributed by atoms with Crippen molar-refractivity contribution in [2.75, 3.05) is 19.6 Å². The van der Waals surface area contributed by atoms with Gasteiger partial charge in [0.05, 0.1) is 6.54 Å². The Bertz CT molecular complexity index is 865.